The molecule has 2 atom stereocenters. The Balaban J connectivity index is 1.45. The van der Waals surface area contributed by atoms with Crippen molar-refractivity contribution in [2.75, 3.05) is 13.1 Å². The zero-order chi connectivity index (χ0) is 17.3. The van der Waals surface area contributed by atoms with Crippen LogP contribution in [0.4, 0.5) is 0 Å². The van der Waals surface area contributed by atoms with Gasteiger partial charge in [0.1, 0.15) is 0 Å². The highest BCUT2D eigenvalue weighted by atomic mass is 16.5. The Bertz CT molecular complexity index is 711. The van der Waals surface area contributed by atoms with Crippen molar-refractivity contribution in [2.24, 2.45) is 0 Å². The van der Waals surface area contributed by atoms with Gasteiger partial charge in [0.15, 0.2) is 5.69 Å². The number of piperidine rings is 1. The van der Waals surface area contributed by atoms with Crippen LogP contribution in [0.15, 0.2) is 36.5 Å². The van der Waals surface area contributed by atoms with E-state index in [-0.39, 0.29) is 23.7 Å². The number of likely N-dealkylation sites (tertiary alicyclic amines) is 1. The van der Waals surface area contributed by atoms with Crippen LogP contribution in [0.5, 0.6) is 0 Å². The van der Waals surface area contributed by atoms with Gasteiger partial charge in [0, 0.05) is 25.9 Å². The maximum atomic E-state index is 12.4. The Morgan fingerprint density at radius 1 is 1.28 bits per heavy atom. The number of benzene rings is 1. The van der Waals surface area contributed by atoms with Gasteiger partial charge in [-0.1, -0.05) is 30.3 Å². The van der Waals surface area contributed by atoms with Crippen LogP contribution in [0.25, 0.3) is 0 Å². The lowest BCUT2D eigenvalue weighted by molar-refractivity contribution is -0.181. The molecule has 132 valence electrons. The van der Waals surface area contributed by atoms with Crippen molar-refractivity contribution in [2.45, 2.75) is 43.5 Å². The van der Waals surface area contributed by atoms with E-state index in [1.54, 1.807) is 4.90 Å². The highest BCUT2D eigenvalue weighted by Gasteiger charge is 2.44. The number of aliphatic hydroxyl groups is 1. The lowest BCUT2D eigenvalue weighted by Gasteiger charge is -2.48. The molecule has 7 nitrogen and oxygen atoms in total. The molecule has 2 aliphatic rings. The summed E-state index contributed by atoms with van der Waals surface area (Å²) < 4.78 is 6.46. The number of nitrogens with zero attached hydrogens (tertiary/aromatic N) is 3. The molecule has 2 aromatic rings. The second-order valence-corrected chi connectivity index (χ2v) is 6.94. The first kappa shape index (κ1) is 16.2. The minimum atomic E-state index is -0.378. The van der Waals surface area contributed by atoms with Gasteiger partial charge >= 0.3 is 0 Å². The van der Waals surface area contributed by atoms with Gasteiger partial charge in [-0.05, 0) is 18.4 Å². The van der Waals surface area contributed by atoms with Gasteiger partial charge in [0.2, 0.25) is 0 Å². The molecule has 1 aromatic carbocycles. The van der Waals surface area contributed by atoms with Crippen LogP contribution >= 0.6 is 0 Å². The number of amides is 1. The third-order valence-corrected chi connectivity index (χ3v) is 5.25. The number of H-pyrrole nitrogens is 1. The van der Waals surface area contributed by atoms with E-state index in [0.717, 1.165) is 18.4 Å². The van der Waals surface area contributed by atoms with E-state index in [2.05, 4.69) is 15.4 Å². The first-order chi connectivity index (χ1) is 12.2. The van der Waals surface area contributed by atoms with Crippen LogP contribution < -0.4 is 0 Å². The lowest BCUT2D eigenvalue weighted by atomic mass is 9.81. The Morgan fingerprint density at radius 2 is 2.04 bits per heavy atom. The average molecular weight is 342 g/mol. The number of carbonyl (C=O) groups excluding carboxylic acids is 1. The maximum absolute atomic E-state index is 12.4. The number of nitrogens with one attached hydrogen (secondary N) is 1. The Labute approximate surface area is 146 Å². The highest BCUT2D eigenvalue weighted by molar-refractivity contribution is 5.91. The van der Waals surface area contributed by atoms with Crippen molar-refractivity contribution in [3.63, 3.8) is 0 Å². The van der Waals surface area contributed by atoms with Crippen LogP contribution in [0.1, 0.15) is 47.8 Å². The number of hydrogen-bond donors (Lipinski definition) is 2. The fourth-order valence-electron chi connectivity index (χ4n) is 3.94. The van der Waals surface area contributed by atoms with Gasteiger partial charge in [-0.15, -0.1) is 0 Å². The molecular formula is C18H22N4O3. The molecule has 0 aliphatic carbocycles. The number of aliphatic hydroxyl groups excluding tert-OH is 1. The molecule has 0 saturated carbocycles. The van der Waals surface area contributed by atoms with Gasteiger partial charge in [-0.3, -0.25) is 4.79 Å². The van der Waals surface area contributed by atoms with Crippen molar-refractivity contribution in [1.82, 2.24) is 20.3 Å². The van der Waals surface area contributed by atoms with Gasteiger partial charge in [-0.2, -0.15) is 15.4 Å². The van der Waals surface area contributed by atoms with E-state index in [1.165, 1.54) is 6.20 Å². The van der Waals surface area contributed by atoms with Gasteiger partial charge in [0.05, 0.1) is 24.0 Å². The third kappa shape index (κ3) is 3.29. The summed E-state index contributed by atoms with van der Waals surface area (Å²) >= 11 is 0. The summed E-state index contributed by atoms with van der Waals surface area (Å²) in [6.45, 7) is 1.19. The third-order valence-electron chi connectivity index (χ3n) is 5.25. The summed E-state index contributed by atoms with van der Waals surface area (Å²) in [6.07, 6.45) is 3.65. The topological polar surface area (TPSA) is 91.3 Å². The zero-order valence-electron chi connectivity index (χ0n) is 14.0. The summed E-state index contributed by atoms with van der Waals surface area (Å²) in [4.78, 5) is 14.2. The summed E-state index contributed by atoms with van der Waals surface area (Å²) in [5.41, 5.74) is 1.07. The first-order valence-electron chi connectivity index (χ1n) is 8.71. The van der Waals surface area contributed by atoms with E-state index < -0.39 is 0 Å². The monoisotopic (exact) mass is 342 g/mol. The van der Waals surface area contributed by atoms with Crippen molar-refractivity contribution < 1.29 is 14.6 Å². The summed E-state index contributed by atoms with van der Waals surface area (Å²) in [7, 11) is 0. The smallest absolute Gasteiger partial charge is 0.276 e. The zero-order valence-corrected chi connectivity index (χ0v) is 14.0. The molecule has 4 rings (SSSR count). The van der Waals surface area contributed by atoms with E-state index >= 15 is 0 Å². The molecule has 0 unspecified atom stereocenters. The van der Waals surface area contributed by atoms with Crippen LogP contribution in [-0.2, 0) is 4.74 Å². The highest BCUT2D eigenvalue weighted by Crippen LogP contribution is 2.43. The van der Waals surface area contributed by atoms with Crippen LogP contribution in [-0.4, -0.2) is 56.1 Å². The summed E-state index contributed by atoms with van der Waals surface area (Å²) in [5, 5.41) is 20.4. The molecule has 25 heavy (non-hydrogen) atoms. The number of aromatic nitrogens is 3. The molecule has 2 N–H and O–H groups in total. The molecule has 1 aromatic heterocycles. The number of rotatable bonds is 2. The predicted octanol–water partition coefficient (Wildman–Crippen LogP) is 1.69. The second kappa shape index (κ2) is 6.57. The normalized spacial score (nSPS) is 25.9. The predicted molar refractivity (Wildman–Crippen MR) is 89.8 cm³/mol. The van der Waals surface area contributed by atoms with E-state index in [0.29, 0.717) is 31.6 Å². The van der Waals surface area contributed by atoms with Crippen molar-refractivity contribution in [3.05, 3.63) is 47.8 Å². The fourth-order valence-corrected chi connectivity index (χ4v) is 3.94. The first-order valence-corrected chi connectivity index (χ1v) is 8.71. The van der Waals surface area contributed by atoms with Crippen LogP contribution in [0.3, 0.4) is 0 Å². The van der Waals surface area contributed by atoms with Crippen molar-refractivity contribution in [3.8, 4) is 0 Å². The molecule has 2 fully saturated rings. The quantitative estimate of drug-likeness (QED) is 0.867. The van der Waals surface area contributed by atoms with Gasteiger partial charge in [0.25, 0.3) is 5.91 Å². The molecule has 0 bridgehead atoms. The molecule has 2 saturated heterocycles. The summed E-state index contributed by atoms with van der Waals surface area (Å²) in [5.74, 6) is -0.112. The van der Waals surface area contributed by atoms with Crippen LogP contribution in [0.2, 0.25) is 0 Å². The Hall–Kier alpha value is -2.25. The van der Waals surface area contributed by atoms with Gasteiger partial charge in [-0.25, -0.2) is 0 Å². The molecule has 3 heterocycles. The number of ether oxygens (including phenoxy) is 1. The average Bonchev–Trinajstić information content (AvgIpc) is 3.17. The molecule has 1 spiro atoms. The Morgan fingerprint density at radius 3 is 2.72 bits per heavy atom. The SMILES string of the molecule is O=C(c1cn[nH]n1)N1CCC2(CC1)C[C@H](O)C[C@H](c1ccccc1)O2. The summed E-state index contributed by atoms with van der Waals surface area (Å²) in [6, 6.07) is 10.0. The largest absolute Gasteiger partial charge is 0.393 e. The van der Waals surface area contributed by atoms with Gasteiger partial charge < -0.3 is 14.7 Å². The van der Waals surface area contributed by atoms with E-state index in [4.69, 9.17) is 4.74 Å². The standard InChI is InChI=1S/C18H22N4O3/c23-14-10-16(13-4-2-1-3-5-13)25-18(11-14)6-8-22(9-7-18)17(24)15-12-19-21-20-15/h1-5,12,14,16,23H,6-11H2,(H,19,20,21)/t14-,16-/m1/s1. The van der Waals surface area contributed by atoms with Crippen molar-refractivity contribution >= 4 is 5.91 Å². The minimum absolute atomic E-state index is 0.0947. The number of hydrogen-bond acceptors (Lipinski definition) is 5. The van der Waals surface area contributed by atoms with E-state index in [1.807, 2.05) is 30.3 Å². The number of carbonyl (C=O) groups is 1. The molecule has 7 heteroatoms. The molecule has 0 radical (unpaired) electrons. The lowest BCUT2D eigenvalue weighted by Crippen LogP contribution is -2.52. The second-order valence-electron chi connectivity index (χ2n) is 6.94. The minimum Gasteiger partial charge on any atom is -0.393 e. The number of aromatic amines is 1. The maximum Gasteiger partial charge on any atom is 0.276 e. The molecule has 2 aliphatic heterocycles. The van der Waals surface area contributed by atoms with E-state index in [9.17, 15) is 9.90 Å². The molecule has 1 amide bonds. The Kier molecular flexibility index (Phi) is 4.27. The van der Waals surface area contributed by atoms with Crippen LogP contribution in [0, 0.1) is 0 Å². The molecular weight excluding hydrogens is 320 g/mol. The van der Waals surface area contributed by atoms with Crippen molar-refractivity contribution in [1.29, 1.82) is 0 Å². The fraction of sp³-hybridized carbons (Fsp3) is 0.500.